The van der Waals surface area contributed by atoms with Gasteiger partial charge in [-0.05, 0) is 80.0 Å². The van der Waals surface area contributed by atoms with Gasteiger partial charge in [0.1, 0.15) is 0 Å². The average molecular weight is 385 g/mol. The lowest BCUT2D eigenvalue weighted by Gasteiger charge is -2.60. The maximum atomic E-state index is 12.7. The minimum Gasteiger partial charge on any atom is -0.390 e. The van der Waals surface area contributed by atoms with Gasteiger partial charge in [0.15, 0.2) is 0 Å². The van der Waals surface area contributed by atoms with Crippen LogP contribution in [0.2, 0.25) is 0 Å². The molecule has 3 N–H and O–H groups in total. The minimum absolute atomic E-state index is 0.0243. The van der Waals surface area contributed by atoms with E-state index in [-0.39, 0.29) is 17.2 Å². The molecule has 0 saturated heterocycles. The van der Waals surface area contributed by atoms with Crippen LogP contribution < -0.4 is 10.6 Å². The molecular formula is C23H32N2O3. The number of rotatable bonds is 4. The van der Waals surface area contributed by atoms with Crippen molar-refractivity contribution in [2.45, 2.75) is 71.3 Å². The summed E-state index contributed by atoms with van der Waals surface area (Å²) >= 11 is 0. The van der Waals surface area contributed by atoms with Crippen LogP contribution in [0.5, 0.6) is 0 Å². The van der Waals surface area contributed by atoms with Gasteiger partial charge in [-0.2, -0.15) is 0 Å². The molecule has 0 radical (unpaired) electrons. The maximum Gasteiger partial charge on any atom is 0.229 e. The molecular weight excluding hydrogens is 352 g/mol. The first-order chi connectivity index (χ1) is 13.0. The highest BCUT2D eigenvalue weighted by molar-refractivity contribution is 5.95. The van der Waals surface area contributed by atoms with Crippen molar-refractivity contribution < 1.29 is 14.7 Å². The molecule has 1 aromatic carbocycles. The van der Waals surface area contributed by atoms with Crippen molar-refractivity contribution in [3.05, 3.63) is 24.3 Å². The lowest BCUT2D eigenvalue weighted by atomic mass is 9.47. The molecule has 152 valence electrons. The fourth-order valence-corrected chi connectivity index (χ4v) is 6.11. The van der Waals surface area contributed by atoms with Crippen LogP contribution in [-0.4, -0.2) is 22.5 Å². The van der Waals surface area contributed by atoms with Crippen LogP contribution in [0.15, 0.2) is 24.3 Å². The Balaban J connectivity index is 1.36. The van der Waals surface area contributed by atoms with Crippen LogP contribution in [0.1, 0.15) is 65.7 Å². The van der Waals surface area contributed by atoms with Gasteiger partial charge in [-0.25, -0.2) is 0 Å². The molecule has 2 amide bonds. The van der Waals surface area contributed by atoms with Crippen molar-refractivity contribution in [2.75, 3.05) is 10.6 Å². The third-order valence-corrected chi connectivity index (χ3v) is 6.79. The largest absolute Gasteiger partial charge is 0.390 e. The maximum absolute atomic E-state index is 12.7. The molecule has 4 bridgehead atoms. The summed E-state index contributed by atoms with van der Waals surface area (Å²) in [5, 5.41) is 16.8. The first-order valence-electron chi connectivity index (χ1n) is 10.5. The molecule has 28 heavy (non-hydrogen) atoms. The zero-order valence-corrected chi connectivity index (χ0v) is 17.2. The van der Waals surface area contributed by atoms with E-state index in [0.717, 1.165) is 43.5 Å². The summed E-state index contributed by atoms with van der Waals surface area (Å²) in [4.78, 5) is 24.8. The number of aliphatic hydroxyl groups is 1. The second kappa shape index (κ2) is 6.58. The monoisotopic (exact) mass is 384 g/mol. The van der Waals surface area contributed by atoms with Gasteiger partial charge in [-0.15, -0.1) is 0 Å². The van der Waals surface area contributed by atoms with Crippen molar-refractivity contribution in [3.8, 4) is 0 Å². The van der Waals surface area contributed by atoms with E-state index in [1.54, 1.807) is 0 Å². The molecule has 2 atom stereocenters. The molecule has 1 aromatic rings. The second-order valence-corrected chi connectivity index (χ2v) is 10.7. The number of carbonyl (C=O) groups excluding carboxylic acids is 2. The minimum atomic E-state index is -0.530. The van der Waals surface area contributed by atoms with E-state index < -0.39 is 11.0 Å². The Bertz CT molecular complexity index is 764. The number of hydrogen-bond acceptors (Lipinski definition) is 3. The first-order valence-corrected chi connectivity index (χ1v) is 10.5. The molecule has 4 fully saturated rings. The third-order valence-electron chi connectivity index (χ3n) is 6.79. The molecule has 4 aliphatic carbocycles. The van der Waals surface area contributed by atoms with Crippen molar-refractivity contribution >= 4 is 23.2 Å². The van der Waals surface area contributed by atoms with Gasteiger partial charge in [-0.3, -0.25) is 9.59 Å². The van der Waals surface area contributed by atoms with Crippen LogP contribution >= 0.6 is 0 Å². The van der Waals surface area contributed by atoms with E-state index in [2.05, 4.69) is 10.6 Å². The fraction of sp³-hybridized carbons (Fsp3) is 0.652. The Kier molecular flexibility index (Phi) is 4.57. The van der Waals surface area contributed by atoms with Crippen molar-refractivity contribution in [1.29, 1.82) is 0 Å². The molecule has 0 aliphatic heterocycles. The topological polar surface area (TPSA) is 78.4 Å². The van der Waals surface area contributed by atoms with Crippen LogP contribution in [0.4, 0.5) is 11.4 Å². The number of carbonyl (C=O) groups is 2. The number of benzene rings is 1. The molecule has 4 saturated carbocycles. The van der Waals surface area contributed by atoms with Crippen LogP contribution in [-0.2, 0) is 9.59 Å². The molecule has 0 heterocycles. The molecule has 5 heteroatoms. The van der Waals surface area contributed by atoms with Crippen LogP contribution in [0, 0.1) is 22.7 Å². The first kappa shape index (κ1) is 19.4. The summed E-state index contributed by atoms with van der Waals surface area (Å²) in [6, 6.07) is 7.27. The van der Waals surface area contributed by atoms with Gasteiger partial charge < -0.3 is 15.7 Å². The molecule has 4 aliphatic rings. The van der Waals surface area contributed by atoms with Crippen molar-refractivity contribution in [1.82, 2.24) is 0 Å². The summed E-state index contributed by atoms with van der Waals surface area (Å²) in [5.74, 6) is 1.16. The van der Waals surface area contributed by atoms with Crippen molar-refractivity contribution in [3.63, 3.8) is 0 Å². The van der Waals surface area contributed by atoms with Gasteiger partial charge in [0.2, 0.25) is 11.8 Å². The summed E-state index contributed by atoms with van der Waals surface area (Å²) in [6.07, 6.45) is 6.51. The molecule has 5 rings (SSSR count). The Hall–Kier alpha value is -1.88. The van der Waals surface area contributed by atoms with Gasteiger partial charge in [-0.1, -0.05) is 20.8 Å². The van der Waals surface area contributed by atoms with Gasteiger partial charge >= 0.3 is 0 Å². The van der Waals surface area contributed by atoms with Crippen molar-refractivity contribution in [2.24, 2.45) is 22.7 Å². The SMILES string of the molecule is CC(C)(C)C(=O)Nc1ccc(NC(=O)CC23CC4CC(CC(O)(C4)C2)C3)cc1. The third kappa shape index (κ3) is 3.95. The predicted molar refractivity (Wildman–Crippen MR) is 110 cm³/mol. The molecule has 5 nitrogen and oxygen atoms in total. The average Bonchev–Trinajstić information content (AvgIpc) is 2.52. The zero-order chi connectivity index (χ0) is 20.2. The van der Waals surface area contributed by atoms with E-state index in [1.807, 2.05) is 45.0 Å². The van der Waals surface area contributed by atoms with E-state index in [0.29, 0.717) is 18.3 Å². The van der Waals surface area contributed by atoms with Gasteiger partial charge in [0.25, 0.3) is 0 Å². The molecule has 0 spiro atoms. The normalized spacial score (nSPS) is 33.6. The summed E-state index contributed by atoms with van der Waals surface area (Å²) in [6.45, 7) is 5.62. The van der Waals surface area contributed by atoms with Crippen LogP contribution in [0.3, 0.4) is 0 Å². The summed E-state index contributed by atoms with van der Waals surface area (Å²) < 4.78 is 0. The van der Waals surface area contributed by atoms with Crippen LogP contribution in [0.25, 0.3) is 0 Å². The Morgan fingerprint density at radius 3 is 2.04 bits per heavy atom. The Labute approximate surface area is 167 Å². The second-order valence-electron chi connectivity index (χ2n) is 10.7. The standard InChI is InChI=1S/C23H32N2O3/c1-21(2,3)20(27)25-18-6-4-17(5-7-18)24-19(26)13-22-9-15-8-16(10-22)12-23(28,11-15)14-22/h4-7,15-16,28H,8-14H2,1-3H3,(H,24,26)(H,25,27). The van der Waals surface area contributed by atoms with Gasteiger partial charge in [0, 0.05) is 23.2 Å². The van der Waals surface area contributed by atoms with E-state index in [4.69, 9.17) is 0 Å². The van der Waals surface area contributed by atoms with E-state index in [1.165, 1.54) is 6.42 Å². The highest BCUT2D eigenvalue weighted by atomic mass is 16.3. The summed E-state index contributed by atoms with van der Waals surface area (Å²) in [7, 11) is 0. The lowest BCUT2D eigenvalue weighted by Crippen LogP contribution is -2.56. The number of amides is 2. The number of hydrogen-bond donors (Lipinski definition) is 3. The van der Waals surface area contributed by atoms with E-state index >= 15 is 0 Å². The Morgan fingerprint density at radius 1 is 1.00 bits per heavy atom. The molecule has 0 aromatic heterocycles. The number of nitrogens with one attached hydrogen (secondary N) is 2. The quantitative estimate of drug-likeness (QED) is 0.723. The highest BCUT2D eigenvalue weighted by Crippen LogP contribution is 2.62. The highest BCUT2D eigenvalue weighted by Gasteiger charge is 2.57. The zero-order valence-electron chi connectivity index (χ0n) is 17.2. The Morgan fingerprint density at radius 2 is 1.54 bits per heavy atom. The summed E-state index contributed by atoms with van der Waals surface area (Å²) in [5.41, 5.74) is 0.457. The lowest BCUT2D eigenvalue weighted by molar-refractivity contribution is -0.167. The van der Waals surface area contributed by atoms with Gasteiger partial charge in [0.05, 0.1) is 5.60 Å². The number of anilines is 2. The van der Waals surface area contributed by atoms with E-state index in [9.17, 15) is 14.7 Å². The molecule has 2 unspecified atom stereocenters. The smallest absolute Gasteiger partial charge is 0.229 e. The predicted octanol–water partition coefficient (Wildman–Crippen LogP) is 4.33. The fourth-order valence-electron chi connectivity index (χ4n) is 6.11.